The van der Waals surface area contributed by atoms with Crippen LogP contribution in [0.3, 0.4) is 0 Å². The molecule has 0 aliphatic carbocycles. The van der Waals surface area contributed by atoms with Crippen LogP contribution in [0.2, 0.25) is 0 Å². The summed E-state index contributed by atoms with van der Waals surface area (Å²) in [4.78, 5) is 10.0. The predicted octanol–water partition coefficient (Wildman–Crippen LogP) is -4.50. The van der Waals surface area contributed by atoms with E-state index in [1.165, 1.54) is 13.8 Å². The van der Waals surface area contributed by atoms with Crippen LogP contribution < -0.4 is 42.0 Å². The molecule has 0 saturated carbocycles. The number of hydrogen-bond acceptors (Lipinski definition) is 3. The summed E-state index contributed by atoms with van der Waals surface area (Å²) in [6.07, 6.45) is 0.0255. The Morgan fingerprint density at radius 1 is 1.50 bits per heavy atom. The van der Waals surface area contributed by atoms with Gasteiger partial charge in [0.1, 0.15) is 0 Å². The smallest absolute Gasteiger partial charge is 1.00 e. The van der Waals surface area contributed by atoms with Crippen LogP contribution in [0.4, 0.5) is 0 Å². The number of carbonyl (C=O) groups excluding carboxylic acids is 1. The minimum atomic E-state index is -0.213. The van der Waals surface area contributed by atoms with Crippen molar-refractivity contribution in [2.24, 2.45) is 0 Å². The van der Waals surface area contributed by atoms with E-state index in [9.17, 15) is 4.79 Å². The Labute approximate surface area is 102 Å². The van der Waals surface area contributed by atoms with Crippen molar-refractivity contribution in [3.8, 4) is 6.07 Å². The average molecular weight is 202 g/mol. The van der Waals surface area contributed by atoms with Crippen molar-refractivity contribution in [2.45, 2.75) is 33.8 Å². The van der Waals surface area contributed by atoms with Crippen LogP contribution in [-0.4, -0.2) is 12.1 Å². The zero-order chi connectivity index (χ0) is 8.57. The minimum absolute atomic E-state index is 0. The van der Waals surface area contributed by atoms with Crippen LogP contribution in [0.25, 0.3) is 0 Å². The Kier molecular flexibility index (Phi) is 33.0. The molecule has 0 aromatic carbocycles. The molecule has 3 nitrogen and oxygen atoms in total. The van der Waals surface area contributed by atoms with Crippen molar-refractivity contribution < 1.29 is 51.5 Å². The molecule has 66 valence electrons. The van der Waals surface area contributed by atoms with Gasteiger partial charge in [-0.3, -0.25) is 4.79 Å². The number of nitrogens with zero attached hydrogens (tertiary/aromatic N) is 1. The van der Waals surface area contributed by atoms with E-state index in [0.717, 1.165) is 0 Å². The second-order valence-electron chi connectivity index (χ2n) is 1.88. The Hall–Kier alpha value is 0.250. The Morgan fingerprint density at radius 3 is 1.75 bits per heavy atom. The van der Waals surface area contributed by atoms with E-state index < -0.39 is 0 Å². The third kappa shape index (κ3) is 48.6. The van der Waals surface area contributed by atoms with E-state index in [0.29, 0.717) is 0 Å². The number of ether oxygens (including phenoxy) is 1. The van der Waals surface area contributed by atoms with Crippen LogP contribution in [0, 0.1) is 11.3 Å². The molecule has 5 heteroatoms. The van der Waals surface area contributed by atoms with Crippen molar-refractivity contribution >= 4 is 5.97 Å². The van der Waals surface area contributed by atoms with E-state index in [4.69, 9.17) is 5.26 Å². The fourth-order valence-electron chi connectivity index (χ4n) is 0.332. The molecule has 0 rings (SSSR count). The molecule has 0 bridgehead atoms. The molecule has 0 heterocycles. The summed E-state index contributed by atoms with van der Waals surface area (Å²) in [5.41, 5.74) is 0. The topological polar surface area (TPSA) is 50.1 Å². The van der Waals surface area contributed by atoms with E-state index in [1.807, 2.05) is 13.8 Å². The fraction of sp³-hybridized carbons (Fsp3) is 0.714. The van der Waals surface area contributed by atoms with E-state index in [2.05, 4.69) is 4.74 Å². The van der Waals surface area contributed by atoms with Gasteiger partial charge in [0.25, 0.3) is 0 Å². The third-order valence-electron chi connectivity index (χ3n) is 0.402. The summed E-state index contributed by atoms with van der Waals surface area (Å²) in [5.74, 6) is -0.213. The van der Waals surface area contributed by atoms with Crippen LogP contribution in [0.1, 0.15) is 27.7 Å². The second-order valence-corrected chi connectivity index (χ2v) is 1.88. The van der Waals surface area contributed by atoms with Gasteiger partial charge < -0.3 is 17.1 Å². The first-order valence-corrected chi connectivity index (χ1v) is 3.02. The summed E-state index contributed by atoms with van der Waals surface area (Å²) < 4.78 is 4.61. The number of nitriles is 1. The third-order valence-corrected chi connectivity index (χ3v) is 0.402. The van der Waals surface area contributed by atoms with E-state index >= 15 is 0 Å². The standard InChI is InChI=1S/C5H10O2.C2H3N.ClH.Na/c1-4(2)7-5(3)6;1-2-3;;/h4H,1-3H3;1H3;1H;/q;;;+1/p-1. The normalized spacial score (nSPS) is 6.00. The van der Waals surface area contributed by atoms with E-state index in [1.54, 1.807) is 6.07 Å². The molecule has 0 fully saturated rings. The molecule has 0 spiro atoms. The van der Waals surface area contributed by atoms with Crippen LogP contribution in [0.15, 0.2) is 0 Å². The molecule has 0 aromatic heterocycles. The molecule has 0 atom stereocenters. The molecule has 0 radical (unpaired) electrons. The second kappa shape index (κ2) is 17.4. The maximum Gasteiger partial charge on any atom is 1.00 e. The van der Waals surface area contributed by atoms with Crippen LogP contribution in [-0.2, 0) is 9.53 Å². The van der Waals surface area contributed by atoms with Crippen molar-refractivity contribution in [3.05, 3.63) is 0 Å². The molecule has 0 aliphatic heterocycles. The maximum absolute atomic E-state index is 10.0. The zero-order valence-corrected chi connectivity index (χ0v) is 11.0. The fourth-order valence-corrected chi connectivity index (χ4v) is 0.332. The van der Waals surface area contributed by atoms with Crippen molar-refractivity contribution in [3.63, 3.8) is 0 Å². The summed E-state index contributed by atoms with van der Waals surface area (Å²) in [5, 5.41) is 7.32. The van der Waals surface area contributed by atoms with Gasteiger partial charge in [0.15, 0.2) is 0 Å². The number of halogens is 1. The predicted molar refractivity (Wildman–Crippen MR) is 38.2 cm³/mol. The molecular weight excluding hydrogens is 189 g/mol. The van der Waals surface area contributed by atoms with Gasteiger partial charge in [0.05, 0.1) is 12.2 Å². The van der Waals surface area contributed by atoms with Crippen molar-refractivity contribution in [1.29, 1.82) is 5.26 Å². The van der Waals surface area contributed by atoms with Crippen molar-refractivity contribution in [1.82, 2.24) is 0 Å². The Morgan fingerprint density at radius 2 is 1.75 bits per heavy atom. The SMILES string of the molecule is CC#N.CC(=O)OC(C)C.[Cl-].[Na+]. The molecule has 0 amide bonds. The van der Waals surface area contributed by atoms with Gasteiger partial charge in [-0.25, -0.2) is 0 Å². The van der Waals surface area contributed by atoms with Gasteiger partial charge in [0.2, 0.25) is 0 Å². The Balaban J connectivity index is -0.0000000569. The van der Waals surface area contributed by atoms with Crippen LogP contribution in [0.5, 0.6) is 0 Å². The number of hydrogen-bond donors (Lipinski definition) is 0. The molecule has 0 N–H and O–H groups in total. The number of carbonyl (C=O) groups is 1. The van der Waals surface area contributed by atoms with Crippen LogP contribution >= 0.6 is 0 Å². The van der Waals surface area contributed by atoms with Gasteiger partial charge in [-0.15, -0.1) is 0 Å². The quantitative estimate of drug-likeness (QED) is 0.318. The van der Waals surface area contributed by atoms with E-state index in [-0.39, 0.29) is 54.0 Å². The first kappa shape index (κ1) is 22.8. The molecule has 0 aromatic rings. The average Bonchev–Trinajstić information content (AvgIpc) is 1.62. The molecule has 0 saturated heterocycles. The summed E-state index contributed by atoms with van der Waals surface area (Å²) in [7, 11) is 0. The van der Waals surface area contributed by atoms with Gasteiger partial charge in [-0.05, 0) is 13.8 Å². The van der Waals surface area contributed by atoms with Gasteiger partial charge in [0, 0.05) is 13.8 Å². The van der Waals surface area contributed by atoms with Gasteiger partial charge in [-0.2, -0.15) is 5.26 Å². The zero-order valence-electron chi connectivity index (χ0n) is 8.22. The molecule has 0 unspecified atom stereocenters. The Bertz CT molecular complexity index is 134. The summed E-state index contributed by atoms with van der Waals surface area (Å²) >= 11 is 0. The minimum Gasteiger partial charge on any atom is -1.00 e. The first-order chi connectivity index (χ1) is 4.54. The van der Waals surface area contributed by atoms with Crippen molar-refractivity contribution in [2.75, 3.05) is 0 Å². The first-order valence-electron chi connectivity index (χ1n) is 3.02. The molecule has 12 heavy (non-hydrogen) atoms. The summed E-state index contributed by atoms with van der Waals surface area (Å²) in [6.45, 7) is 6.48. The molecular formula is C7H13ClNNaO2. The van der Waals surface area contributed by atoms with Gasteiger partial charge in [-0.1, -0.05) is 0 Å². The monoisotopic (exact) mass is 201 g/mol. The summed E-state index contributed by atoms with van der Waals surface area (Å²) in [6, 6.07) is 1.75. The maximum atomic E-state index is 10.0. The number of esters is 1. The largest absolute Gasteiger partial charge is 1.00 e. The van der Waals surface area contributed by atoms with Gasteiger partial charge >= 0.3 is 35.5 Å². The molecule has 0 aliphatic rings. The number of rotatable bonds is 1.